The summed E-state index contributed by atoms with van der Waals surface area (Å²) in [6.07, 6.45) is 6.29. The molecule has 1 aliphatic carbocycles. The van der Waals surface area contributed by atoms with Crippen LogP contribution in [0, 0.1) is 0 Å². The zero-order valence-corrected chi connectivity index (χ0v) is 7.90. The van der Waals surface area contributed by atoms with E-state index in [2.05, 4.69) is 34.2 Å². The molecule has 2 heteroatoms. The summed E-state index contributed by atoms with van der Waals surface area (Å²) in [6, 6.07) is 8.80. The number of rotatable bonds is 2. The van der Waals surface area contributed by atoms with E-state index in [4.69, 9.17) is 0 Å². The Morgan fingerprint density at radius 2 is 1.93 bits per heavy atom. The fourth-order valence-electron chi connectivity index (χ4n) is 1.77. The highest BCUT2D eigenvalue weighted by Gasteiger charge is 2.22. The lowest BCUT2D eigenvalue weighted by Crippen LogP contribution is -1.80. The Morgan fingerprint density at radius 1 is 1.14 bits per heavy atom. The van der Waals surface area contributed by atoms with E-state index in [-0.39, 0.29) is 0 Å². The van der Waals surface area contributed by atoms with Gasteiger partial charge in [0.2, 0.25) is 0 Å². The van der Waals surface area contributed by atoms with Crippen molar-refractivity contribution in [1.82, 2.24) is 9.97 Å². The molecule has 2 nitrogen and oxygen atoms in total. The zero-order chi connectivity index (χ0) is 9.38. The van der Waals surface area contributed by atoms with Gasteiger partial charge in [-0.15, -0.1) is 0 Å². The number of imidazole rings is 1. The van der Waals surface area contributed by atoms with E-state index in [1.807, 2.05) is 6.20 Å². The molecule has 3 rings (SSSR count). The highest BCUT2D eigenvalue weighted by Crippen LogP contribution is 2.40. The van der Waals surface area contributed by atoms with Gasteiger partial charge in [0, 0.05) is 0 Å². The van der Waals surface area contributed by atoms with Crippen molar-refractivity contribution in [3.63, 3.8) is 0 Å². The van der Waals surface area contributed by atoms with Gasteiger partial charge in [-0.05, 0) is 29.9 Å². The standard InChI is InChI=1S/C12H12N2/c1-2-9(1)10-3-5-11(6-4-10)12-7-13-8-14-12/h3-9H,1-2H2,(H,13,14). The Kier molecular flexibility index (Phi) is 1.66. The lowest BCUT2D eigenvalue weighted by atomic mass is 10.1. The molecule has 0 aliphatic heterocycles. The maximum Gasteiger partial charge on any atom is 0.0924 e. The van der Waals surface area contributed by atoms with E-state index in [1.54, 1.807) is 6.33 Å². The molecule has 1 aliphatic rings. The Balaban J connectivity index is 1.93. The number of aromatic nitrogens is 2. The number of nitrogens with zero attached hydrogens (tertiary/aromatic N) is 1. The minimum Gasteiger partial charge on any atom is -0.345 e. The lowest BCUT2D eigenvalue weighted by molar-refractivity contribution is 1.13. The molecule has 0 atom stereocenters. The molecule has 1 aromatic heterocycles. The average Bonchev–Trinajstić information content (AvgIpc) is 2.94. The Hall–Kier alpha value is -1.57. The molecule has 2 aromatic rings. The first-order valence-corrected chi connectivity index (χ1v) is 5.02. The summed E-state index contributed by atoms with van der Waals surface area (Å²) in [5.41, 5.74) is 3.78. The Bertz CT molecular complexity index is 410. The highest BCUT2D eigenvalue weighted by atomic mass is 14.9. The molecule has 0 amide bonds. The van der Waals surface area contributed by atoms with Crippen molar-refractivity contribution in [2.75, 3.05) is 0 Å². The number of hydrogen-bond acceptors (Lipinski definition) is 1. The van der Waals surface area contributed by atoms with Gasteiger partial charge in [-0.3, -0.25) is 0 Å². The van der Waals surface area contributed by atoms with Crippen LogP contribution in [0.15, 0.2) is 36.8 Å². The monoisotopic (exact) mass is 184 g/mol. The van der Waals surface area contributed by atoms with Crippen LogP contribution in [0.4, 0.5) is 0 Å². The van der Waals surface area contributed by atoms with Gasteiger partial charge in [0.1, 0.15) is 0 Å². The van der Waals surface area contributed by atoms with Crippen LogP contribution in [-0.4, -0.2) is 9.97 Å². The molecule has 1 N–H and O–H groups in total. The van der Waals surface area contributed by atoms with Crippen LogP contribution in [0.25, 0.3) is 11.3 Å². The fourth-order valence-corrected chi connectivity index (χ4v) is 1.77. The average molecular weight is 184 g/mol. The van der Waals surface area contributed by atoms with E-state index >= 15 is 0 Å². The predicted octanol–water partition coefficient (Wildman–Crippen LogP) is 2.95. The van der Waals surface area contributed by atoms with Gasteiger partial charge in [-0.25, -0.2) is 4.98 Å². The van der Waals surface area contributed by atoms with Crippen molar-refractivity contribution in [3.8, 4) is 11.3 Å². The summed E-state index contributed by atoms with van der Waals surface area (Å²) in [5, 5.41) is 0. The van der Waals surface area contributed by atoms with Gasteiger partial charge in [-0.1, -0.05) is 24.3 Å². The van der Waals surface area contributed by atoms with Gasteiger partial charge >= 0.3 is 0 Å². The summed E-state index contributed by atoms with van der Waals surface area (Å²) in [6.45, 7) is 0. The summed E-state index contributed by atoms with van der Waals surface area (Å²) < 4.78 is 0. The van der Waals surface area contributed by atoms with Crippen LogP contribution < -0.4 is 0 Å². The SMILES string of the molecule is c1ncc(-c2ccc(C3CC3)cc2)[nH]1. The summed E-state index contributed by atoms with van der Waals surface area (Å²) in [5.74, 6) is 0.839. The zero-order valence-electron chi connectivity index (χ0n) is 7.90. The maximum atomic E-state index is 4.01. The van der Waals surface area contributed by atoms with Gasteiger partial charge < -0.3 is 4.98 Å². The largest absolute Gasteiger partial charge is 0.345 e. The molecule has 70 valence electrons. The smallest absolute Gasteiger partial charge is 0.0924 e. The van der Waals surface area contributed by atoms with Crippen LogP contribution >= 0.6 is 0 Å². The molecule has 0 spiro atoms. The van der Waals surface area contributed by atoms with Crippen LogP contribution in [0.2, 0.25) is 0 Å². The minimum atomic E-state index is 0.839. The summed E-state index contributed by atoms with van der Waals surface area (Å²) in [7, 11) is 0. The maximum absolute atomic E-state index is 4.01. The number of hydrogen-bond donors (Lipinski definition) is 1. The summed E-state index contributed by atoms with van der Waals surface area (Å²) >= 11 is 0. The van der Waals surface area contributed by atoms with E-state index < -0.39 is 0 Å². The first-order chi connectivity index (χ1) is 6.93. The first-order valence-electron chi connectivity index (χ1n) is 5.02. The third kappa shape index (κ3) is 1.33. The third-order valence-corrected chi connectivity index (χ3v) is 2.77. The molecule has 1 heterocycles. The van der Waals surface area contributed by atoms with Gasteiger partial charge in [0.15, 0.2) is 0 Å². The predicted molar refractivity (Wildman–Crippen MR) is 56.0 cm³/mol. The number of aromatic amines is 1. The van der Waals surface area contributed by atoms with Crippen molar-refractivity contribution >= 4 is 0 Å². The summed E-state index contributed by atoms with van der Waals surface area (Å²) in [4.78, 5) is 7.12. The number of benzene rings is 1. The van der Waals surface area contributed by atoms with Gasteiger partial charge in [0.05, 0.1) is 18.2 Å². The van der Waals surface area contributed by atoms with Crippen molar-refractivity contribution in [2.45, 2.75) is 18.8 Å². The molecule has 0 saturated heterocycles. The molecule has 0 bridgehead atoms. The molecular formula is C12H12N2. The molecule has 0 unspecified atom stereocenters. The van der Waals surface area contributed by atoms with E-state index in [9.17, 15) is 0 Å². The molecule has 1 fully saturated rings. The van der Waals surface area contributed by atoms with Crippen molar-refractivity contribution in [3.05, 3.63) is 42.4 Å². The number of H-pyrrole nitrogens is 1. The second-order valence-corrected chi connectivity index (χ2v) is 3.86. The quantitative estimate of drug-likeness (QED) is 0.763. The highest BCUT2D eigenvalue weighted by molar-refractivity contribution is 5.58. The second-order valence-electron chi connectivity index (χ2n) is 3.86. The van der Waals surface area contributed by atoms with Crippen LogP contribution in [0.5, 0.6) is 0 Å². The topological polar surface area (TPSA) is 28.7 Å². The molecule has 0 radical (unpaired) electrons. The fraction of sp³-hybridized carbons (Fsp3) is 0.250. The number of nitrogens with one attached hydrogen (secondary N) is 1. The molecule has 1 aromatic carbocycles. The van der Waals surface area contributed by atoms with Gasteiger partial charge in [0.25, 0.3) is 0 Å². The third-order valence-electron chi connectivity index (χ3n) is 2.77. The van der Waals surface area contributed by atoms with E-state index in [0.717, 1.165) is 11.6 Å². The Morgan fingerprint density at radius 3 is 2.50 bits per heavy atom. The van der Waals surface area contributed by atoms with Crippen molar-refractivity contribution < 1.29 is 0 Å². The van der Waals surface area contributed by atoms with Crippen molar-refractivity contribution in [2.24, 2.45) is 0 Å². The normalized spacial score (nSPS) is 15.7. The van der Waals surface area contributed by atoms with E-state index in [1.165, 1.54) is 24.0 Å². The molecule has 1 saturated carbocycles. The second kappa shape index (κ2) is 2.98. The van der Waals surface area contributed by atoms with Crippen molar-refractivity contribution in [1.29, 1.82) is 0 Å². The van der Waals surface area contributed by atoms with Crippen LogP contribution in [0.3, 0.4) is 0 Å². The molecular weight excluding hydrogens is 172 g/mol. The lowest BCUT2D eigenvalue weighted by Gasteiger charge is -2.00. The van der Waals surface area contributed by atoms with Crippen LogP contribution in [-0.2, 0) is 0 Å². The molecule has 14 heavy (non-hydrogen) atoms. The first kappa shape index (κ1) is 7.80. The minimum absolute atomic E-state index is 0.839. The van der Waals surface area contributed by atoms with Crippen LogP contribution in [0.1, 0.15) is 24.3 Å². The van der Waals surface area contributed by atoms with E-state index in [0.29, 0.717) is 0 Å². The van der Waals surface area contributed by atoms with Gasteiger partial charge in [-0.2, -0.15) is 0 Å². The Labute approximate surface area is 83.0 Å².